The maximum Gasteiger partial charge on any atom is 0.262 e. The molecule has 1 N–H and O–H groups in total. The van der Waals surface area contributed by atoms with Crippen LogP contribution in [0.15, 0.2) is 53.6 Å². The lowest BCUT2D eigenvalue weighted by Crippen LogP contribution is -2.15. The first-order chi connectivity index (χ1) is 12.9. The van der Waals surface area contributed by atoms with Gasteiger partial charge in [0.1, 0.15) is 11.6 Å². The Morgan fingerprint density at radius 2 is 1.96 bits per heavy atom. The normalized spacial score (nSPS) is 14.0. The molecular weight excluding hydrogens is 365 g/mol. The van der Waals surface area contributed by atoms with Gasteiger partial charge in [0.25, 0.3) is 10.0 Å². The number of para-hydroxylation sites is 1. The van der Waals surface area contributed by atoms with Crippen molar-refractivity contribution in [1.29, 1.82) is 0 Å². The summed E-state index contributed by atoms with van der Waals surface area (Å²) in [5.74, 6) is 0.568. The van der Waals surface area contributed by atoms with E-state index in [0.29, 0.717) is 11.3 Å². The van der Waals surface area contributed by atoms with E-state index in [9.17, 15) is 12.8 Å². The number of imidazole rings is 1. The number of aromatic nitrogens is 2. The highest BCUT2D eigenvalue weighted by molar-refractivity contribution is 7.92. The van der Waals surface area contributed by atoms with Gasteiger partial charge in [-0.3, -0.25) is 4.72 Å². The molecule has 0 aliphatic carbocycles. The van der Waals surface area contributed by atoms with Gasteiger partial charge < -0.3 is 4.57 Å². The molecule has 4 rings (SSSR count). The number of halogens is 1. The number of nitrogens with one attached hydrogen (secondary N) is 1. The van der Waals surface area contributed by atoms with Crippen molar-refractivity contribution >= 4 is 15.7 Å². The second kappa shape index (κ2) is 6.81. The standard InChI is InChI=1S/C20H20FN3O2S/c1-14-12-15(21)9-10-19(14)27(25,26)23-17-7-3-2-6-16(17)18-13-24-11-5-4-8-20(24)22-18/h2-3,6-7,9-10,12-13,23H,4-5,8,11H2,1H3. The molecule has 0 unspecified atom stereocenters. The van der Waals surface area contributed by atoms with Gasteiger partial charge in [-0.15, -0.1) is 0 Å². The molecule has 3 aromatic rings. The predicted molar refractivity (Wildman–Crippen MR) is 103 cm³/mol. The van der Waals surface area contributed by atoms with Crippen molar-refractivity contribution in [2.45, 2.75) is 37.6 Å². The van der Waals surface area contributed by atoms with Gasteiger partial charge >= 0.3 is 0 Å². The van der Waals surface area contributed by atoms with Gasteiger partial charge in [0, 0.05) is 24.7 Å². The highest BCUT2D eigenvalue weighted by Gasteiger charge is 2.21. The summed E-state index contributed by atoms with van der Waals surface area (Å²) < 4.78 is 43.8. The second-order valence-corrected chi connectivity index (χ2v) is 8.40. The maximum absolute atomic E-state index is 13.3. The van der Waals surface area contributed by atoms with Gasteiger partial charge in [0.2, 0.25) is 0 Å². The molecular formula is C20H20FN3O2S. The number of aryl methyl sites for hydroxylation is 3. The minimum absolute atomic E-state index is 0.0582. The van der Waals surface area contributed by atoms with Gasteiger partial charge in [-0.25, -0.2) is 17.8 Å². The lowest BCUT2D eigenvalue weighted by molar-refractivity contribution is 0.522. The molecule has 0 amide bonds. The van der Waals surface area contributed by atoms with Crippen molar-refractivity contribution in [3.8, 4) is 11.3 Å². The number of hydrogen-bond donors (Lipinski definition) is 1. The molecule has 2 aromatic carbocycles. The number of benzene rings is 2. The van der Waals surface area contributed by atoms with Crippen LogP contribution in [-0.4, -0.2) is 18.0 Å². The first kappa shape index (κ1) is 17.7. The molecule has 1 aliphatic rings. The molecule has 0 spiro atoms. The molecule has 0 saturated carbocycles. The van der Waals surface area contributed by atoms with E-state index in [-0.39, 0.29) is 4.90 Å². The summed E-state index contributed by atoms with van der Waals surface area (Å²) >= 11 is 0. The Kier molecular flexibility index (Phi) is 4.47. The van der Waals surface area contributed by atoms with Crippen LogP contribution in [0.1, 0.15) is 24.2 Å². The second-order valence-electron chi connectivity index (χ2n) is 6.75. The average molecular weight is 385 g/mol. The number of nitrogens with zero attached hydrogens (tertiary/aromatic N) is 2. The molecule has 1 aromatic heterocycles. The molecule has 27 heavy (non-hydrogen) atoms. The van der Waals surface area contributed by atoms with Crippen LogP contribution in [0.5, 0.6) is 0 Å². The van der Waals surface area contributed by atoms with Crippen LogP contribution in [0, 0.1) is 12.7 Å². The van der Waals surface area contributed by atoms with E-state index in [2.05, 4.69) is 9.29 Å². The number of fused-ring (bicyclic) bond motifs is 1. The maximum atomic E-state index is 13.3. The van der Waals surface area contributed by atoms with Crippen molar-refractivity contribution in [3.63, 3.8) is 0 Å². The minimum atomic E-state index is -3.84. The van der Waals surface area contributed by atoms with Gasteiger partial charge in [0.15, 0.2) is 0 Å². The summed E-state index contributed by atoms with van der Waals surface area (Å²) in [5.41, 5.74) is 2.29. The smallest absolute Gasteiger partial charge is 0.262 e. The lowest BCUT2D eigenvalue weighted by atomic mass is 10.1. The van der Waals surface area contributed by atoms with E-state index in [0.717, 1.165) is 49.0 Å². The van der Waals surface area contributed by atoms with Crippen LogP contribution in [-0.2, 0) is 23.0 Å². The molecule has 2 heterocycles. The number of sulfonamides is 1. The third kappa shape index (κ3) is 3.47. The Morgan fingerprint density at radius 1 is 1.15 bits per heavy atom. The van der Waals surface area contributed by atoms with Crippen molar-refractivity contribution in [1.82, 2.24) is 9.55 Å². The average Bonchev–Trinajstić information content (AvgIpc) is 3.05. The summed E-state index contributed by atoms with van der Waals surface area (Å²) in [6.07, 6.45) is 5.16. The largest absolute Gasteiger partial charge is 0.334 e. The van der Waals surface area contributed by atoms with Gasteiger partial charge in [-0.1, -0.05) is 18.2 Å². The van der Waals surface area contributed by atoms with E-state index in [1.807, 2.05) is 18.3 Å². The molecule has 5 nitrogen and oxygen atoms in total. The number of hydrogen-bond acceptors (Lipinski definition) is 3. The Hall–Kier alpha value is -2.67. The molecule has 0 fully saturated rings. The summed E-state index contributed by atoms with van der Waals surface area (Å²) in [6.45, 7) is 2.51. The van der Waals surface area contributed by atoms with Crippen LogP contribution in [0.25, 0.3) is 11.3 Å². The highest BCUT2D eigenvalue weighted by Crippen LogP contribution is 2.31. The Morgan fingerprint density at radius 3 is 2.74 bits per heavy atom. The fraction of sp³-hybridized carbons (Fsp3) is 0.250. The lowest BCUT2D eigenvalue weighted by Gasteiger charge is -2.13. The van der Waals surface area contributed by atoms with Crippen molar-refractivity contribution in [2.75, 3.05) is 4.72 Å². The van der Waals surface area contributed by atoms with Crippen LogP contribution >= 0.6 is 0 Å². The van der Waals surface area contributed by atoms with E-state index in [4.69, 9.17) is 4.98 Å². The summed E-state index contributed by atoms with van der Waals surface area (Å²) in [5, 5.41) is 0. The van der Waals surface area contributed by atoms with Crippen molar-refractivity contribution in [3.05, 3.63) is 65.9 Å². The van der Waals surface area contributed by atoms with E-state index >= 15 is 0 Å². The third-order valence-electron chi connectivity index (χ3n) is 4.78. The number of rotatable bonds is 4. The summed E-state index contributed by atoms with van der Waals surface area (Å²) in [7, 11) is -3.84. The van der Waals surface area contributed by atoms with Gasteiger partial charge in [0.05, 0.1) is 16.3 Å². The molecule has 0 bridgehead atoms. The zero-order valence-corrected chi connectivity index (χ0v) is 15.8. The van der Waals surface area contributed by atoms with Crippen LogP contribution in [0.2, 0.25) is 0 Å². The SMILES string of the molecule is Cc1cc(F)ccc1S(=O)(=O)Nc1ccccc1-c1cn2c(n1)CCCC2. The van der Waals surface area contributed by atoms with E-state index in [1.54, 1.807) is 19.1 Å². The first-order valence-electron chi connectivity index (χ1n) is 8.88. The van der Waals surface area contributed by atoms with Crippen LogP contribution in [0.3, 0.4) is 0 Å². The minimum Gasteiger partial charge on any atom is -0.334 e. The molecule has 7 heteroatoms. The molecule has 0 radical (unpaired) electrons. The monoisotopic (exact) mass is 385 g/mol. The Balaban J connectivity index is 1.72. The summed E-state index contributed by atoms with van der Waals surface area (Å²) in [6, 6.07) is 10.8. The Labute approximate surface area is 157 Å². The Bertz CT molecular complexity index is 1080. The topological polar surface area (TPSA) is 64.0 Å². The first-order valence-corrected chi connectivity index (χ1v) is 10.4. The predicted octanol–water partition coefficient (Wildman–Crippen LogP) is 4.13. The van der Waals surface area contributed by atoms with Gasteiger partial charge in [-0.05, 0) is 49.6 Å². The highest BCUT2D eigenvalue weighted by atomic mass is 32.2. The fourth-order valence-corrected chi connectivity index (χ4v) is 4.76. The van der Waals surface area contributed by atoms with Crippen molar-refractivity contribution in [2.24, 2.45) is 0 Å². The molecule has 140 valence electrons. The molecule has 0 atom stereocenters. The van der Waals surface area contributed by atoms with E-state index in [1.165, 1.54) is 12.1 Å². The van der Waals surface area contributed by atoms with Crippen molar-refractivity contribution < 1.29 is 12.8 Å². The summed E-state index contributed by atoms with van der Waals surface area (Å²) in [4.78, 5) is 4.75. The van der Waals surface area contributed by atoms with Crippen LogP contribution < -0.4 is 4.72 Å². The molecule has 1 aliphatic heterocycles. The third-order valence-corrected chi connectivity index (χ3v) is 6.31. The number of anilines is 1. The van der Waals surface area contributed by atoms with Crippen LogP contribution in [0.4, 0.5) is 10.1 Å². The van der Waals surface area contributed by atoms with Gasteiger partial charge in [-0.2, -0.15) is 0 Å². The molecule has 0 saturated heterocycles. The quantitative estimate of drug-likeness (QED) is 0.734. The zero-order chi connectivity index (χ0) is 19.0. The zero-order valence-electron chi connectivity index (χ0n) is 14.9. The fourth-order valence-electron chi connectivity index (χ4n) is 3.45. The van der Waals surface area contributed by atoms with E-state index < -0.39 is 15.8 Å².